The van der Waals surface area contributed by atoms with E-state index in [2.05, 4.69) is 36.1 Å². The number of nitrogens with one attached hydrogen (secondary N) is 4. The number of hydrogen-bond acceptors (Lipinski definition) is 7. The normalized spacial score (nSPS) is 24.9. The molecule has 0 saturated carbocycles. The van der Waals surface area contributed by atoms with Crippen LogP contribution in [0.5, 0.6) is 5.88 Å². The van der Waals surface area contributed by atoms with E-state index in [-0.39, 0.29) is 0 Å². The van der Waals surface area contributed by atoms with E-state index in [1.54, 1.807) is 13.2 Å². The van der Waals surface area contributed by atoms with Crippen molar-refractivity contribution in [1.29, 1.82) is 0 Å². The Hall–Kier alpha value is -2.29. The quantitative estimate of drug-likeness (QED) is 0.589. The predicted molar refractivity (Wildman–Crippen MR) is 96.5 cm³/mol. The van der Waals surface area contributed by atoms with Gasteiger partial charge < -0.3 is 20.7 Å². The van der Waals surface area contributed by atoms with Crippen LogP contribution < -0.4 is 20.7 Å². The lowest BCUT2D eigenvalue weighted by molar-refractivity contribution is 0.375. The van der Waals surface area contributed by atoms with Gasteiger partial charge in [-0.2, -0.15) is 15.1 Å². The SMILES string of the molecule is [B]Cc1cc(Nc2cc(OC)nc(NC3C[C@H]4CC[C@@H](C3)N4)n2)n[nH]1. The molecular formula is C16H22BN7O. The van der Waals surface area contributed by atoms with Crippen LogP contribution in [0.3, 0.4) is 0 Å². The minimum Gasteiger partial charge on any atom is -0.481 e. The van der Waals surface area contributed by atoms with E-state index >= 15 is 0 Å². The van der Waals surface area contributed by atoms with Gasteiger partial charge in [-0.1, -0.05) is 0 Å². The van der Waals surface area contributed by atoms with Crippen molar-refractivity contribution >= 4 is 25.4 Å². The maximum atomic E-state index is 5.60. The summed E-state index contributed by atoms with van der Waals surface area (Å²) >= 11 is 0. The lowest BCUT2D eigenvalue weighted by atomic mass is 10.0. The van der Waals surface area contributed by atoms with Crippen LogP contribution in [0.25, 0.3) is 0 Å². The molecule has 1 unspecified atom stereocenters. The monoisotopic (exact) mass is 339 g/mol. The molecule has 130 valence electrons. The Bertz CT molecular complexity index is 725. The Morgan fingerprint density at radius 3 is 2.68 bits per heavy atom. The number of rotatable bonds is 6. The van der Waals surface area contributed by atoms with Gasteiger partial charge in [0.05, 0.1) is 15.0 Å². The molecule has 2 aliphatic heterocycles. The van der Waals surface area contributed by atoms with Crippen LogP contribution in [0.2, 0.25) is 0 Å². The maximum Gasteiger partial charge on any atom is 0.228 e. The topological polar surface area (TPSA) is 99.8 Å². The van der Waals surface area contributed by atoms with Gasteiger partial charge in [-0.25, -0.2) is 0 Å². The molecule has 4 heterocycles. The van der Waals surface area contributed by atoms with Crippen LogP contribution in [0.1, 0.15) is 31.4 Å². The highest BCUT2D eigenvalue weighted by Crippen LogP contribution is 2.29. The molecule has 9 heteroatoms. The third-order valence-electron chi connectivity index (χ3n) is 4.83. The highest BCUT2D eigenvalue weighted by molar-refractivity contribution is 6.08. The van der Waals surface area contributed by atoms with Gasteiger partial charge in [-0.05, 0) is 32.0 Å². The second kappa shape index (κ2) is 6.91. The van der Waals surface area contributed by atoms with Gasteiger partial charge in [0, 0.05) is 36.0 Å². The highest BCUT2D eigenvalue weighted by Gasteiger charge is 2.33. The number of ether oxygens (including phenoxy) is 1. The van der Waals surface area contributed by atoms with E-state index in [1.165, 1.54) is 12.8 Å². The van der Waals surface area contributed by atoms with Gasteiger partial charge in [-0.3, -0.25) is 5.10 Å². The van der Waals surface area contributed by atoms with Gasteiger partial charge >= 0.3 is 0 Å². The molecule has 2 fully saturated rings. The smallest absolute Gasteiger partial charge is 0.228 e. The Morgan fingerprint density at radius 1 is 1.20 bits per heavy atom. The Morgan fingerprint density at radius 2 is 2.00 bits per heavy atom. The van der Waals surface area contributed by atoms with Crippen molar-refractivity contribution in [2.45, 2.75) is 50.1 Å². The third kappa shape index (κ3) is 3.71. The van der Waals surface area contributed by atoms with Crippen molar-refractivity contribution < 1.29 is 4.74 Å². The summed E-state index contributed by atoms with van der Waals surface area (Å²) in [6, 6.07) is 5.20. The number of piperidine rings is 1. The Balaban J connectivity index is 1.49. The highest BCUT2D eigenvalue weighted by atomic mass is 16.5. The van der Waals surface area contributed by atoms with E-state index in [0.717, 1.165) is 18.5 Å². The summed E-state index contributed by atoms with van der Waals surface area (Å²) < 4.78 is 5.31. The lowest BCUT2D eigenvalue weighted by Gasteiger charge is -2.29. The van der Waals surface area contributed by atoms with Crippen molar-refractivity contribution in [3.8, 4) is 5.88 Å². The van der Waals surface area contributed by atoms with Crippen molar-refractivity contribution in [2.24, 2.45) is 0 Å². The van der Waals surface area contributed by atoms with Gasteiger partial charge in [0.15, 0.2) is 5.82 Å². The number of nitrogens with zero attached hydrogens (tertiary/aromatic N) is 3. The molecule has 3 atom stereocenters. The van der Waals surface area contributed by atoms with Crippen LogP contribution >= 0.6 is 0 Å². The predicted octanol–water partition coefficient (Wildman–Crippen LogP) is 1.32. The summed E-state index contributed by atoms with van der Waals surface area (Å²) in [6.45, 7) is 0. The minimum absolute atomic E-state index is 0.382. The summed E-state index contributed by atoms with van der Waals surface area (Å²) in [4.78, 5) is 8.98. The van der Waals surface area contributed by atoms with Crippen molar-refractivity contribution in [2.75, 3.05) is 17.7 Å². The molecule has 25 heavy (non-hydrogen) atoms. The molecule has 2 aromatic rings. The van der Waals surface area contributed by atoms with Gasteiger partial charge in [0.2, 0.25) is 11.8 Å². The molecule has 4 N–H and O–H groups in total. The molecule has 0 aliphatic carbocycles. The molecule has 2 aromatic heterocycles. The summed E-state index contributed by atoms with van der Waals surface area (Å²) in [5.41, 5.74) is 0.854. The molecule has 0 spiro atoms. The van der Waals surface area contributed by atoms with Crippen LogP contribution in [-0.2, 0) is 6.32 Å². The second-order valence-electron chi connectivity index (χ2n) is 6.68. The molecule has 2 saturated heterocycles. The van der Waals surface area contributed by atoms with E-state index in [0.29, 0.717) is 47.9 Å². The fourth-order valence-corrected chi connectivity index (χ4v) is 3.68. The maximum absolute atomic E-state index is 5.60. The fraction of sp³-hybridized carbons (Fsp3) is 0.562. The number of aromatic nitrogens is 4. The number of hydrogen-bond donors (Lipinski definition) is 4. The zero-order chi connectivity index (χ0) is 17.2. The van der Waals surface area contributed by atoms with E-state index in [1.807, 2.05) is 6.07 Å². The van der Waals surface area contributed by atoms with Crippen molar-refractivity contribution in [1.82, 2.24) is 25.5 Å². The molecule has 0 aromatic carbocycles. The first-order chi connectivity index (χ1) is 12.2. The largest absolute Gasteiger partial charge is 0.481 e. The zero-order valence-corrected chi connectivity index (χ0v) is 14.2. The first-order valence-electron chi connectivity index (χ1n) is 8.69. The zero-order valence-electron chi connectivity index (χ0n) is 14.2. The molecule has 8 nitrogen and oxygen atoms in total. The molecule has 0 amide bonds. The molecular weight excluding hydrogens is 317 g/mol. The average molecular weight is 339 g/mol. The first kappa shape index (κ1) is 16.2. The van der Waals surface area contributed by atoms with E-state index in [9.17, 15) is 0 Å². The van der Waals surface area contributed by atoms with E-state index < -0.39 is 0 Å². The van der Waals surface area contributed by atoms with Crippen LogP contribution in [0, 0.1) is 0 Å². The Kier molecular flexibility index (Phi) is 4.48. The summed E-state index contributed by atoms with van der Waals surface area (Å²) in [5.74, 6) is 2.36. The molecule has 2 radical (unpaired) electrons. The lowest BCUT2D eigenvalue weighted by Crippen LogP contribution is -2.43. The number of methoxy groups -OCH3 is 1. The third-order valence-corrected chi connectivity index (χ3v) is 4.83. The summed E-state index contributed by atoms with van der Waals surface area (Å²) in [7, 11) is 7.20. The number of anilines is 3. The number of H-pyrrole nitrogens is 1. The van der Waals surface area contributed by atoms with Gasteiger partial charge in [0.25, 0.3) is 0 Å². The second-order valence-corrected chi connectivity index (χ2v) is 6.68. The van der Waals surface area contributed by atoms with Crippen LogP contribution in [-0.4, -0.2) is 53.2 Å². The molecule has 2 bridgehead atoms. The molecule has 2 aliphatic rings. The number of aromatic amines is 1. The average Bonchev–Trinajstić information content (AvgIpc) is 3.20. The Labute approximate surface area is 148 Å². The van der Waals surface area contributed by atoms with Crippen molar-refractivity contribution in [3.63, 3.8) is 0 Å². The fourth-order valence-electron chi connectivity index (χ4n) is 3.68. The number of fused-ring (bicyclic) bond motifs is 2. The summed E-state index contributed by atoms with van der Waals surface area (Å²) in [5, 5.41) is 17.3. The van der Waals surface area contributed by atoms with Crippen LogP contribution in [0.4, 0.5) is 17.6 Å². The standard InChI is InChI=1S/C16H22BN7O/c1-25-15-7-13(20-14-6-12(8-17)23-24-14)21-16(22-15)19-11-4-9-2-3-10(5-11)18-9/h6-7,9-11,18H,2-5,8H2,1H3,(H3,19,20,21,22,23,24)/t9-,10+,11?. The van der Waals surface area contributed by atoms with Crippen molar-refractivity contribution in [3.05, 3.63) is 17.8 Å². The molecule has 4 rings (SSSR count). The first-order valence-corrected chi connectivity index (χ1v) is 8.69. The summed E-state index contributed by atoms with van der Waals surface area (Å²) in [6.07, 6.45) is 5.12. The van der Waals surface area contributed by atoms with E-state index in [4.69, 9.17) is 12.6 Å². The minimum atomic E-state index is 0.382. The van der Waals surface area contributed by atoms with Crippen LogP contribution in [0.15, 0.2) is 12.1 Å². The van der Waals surface area contributed by atoms with Gasteiger partial charge in [0.1, 0.15) is 5.82 Å². The van der Waals surface area contributed by atoms with Gasteiger partial charge in [-0.15, -0.1) is 0 Å².